The molecule has 3 heterocycles. The summed E-state index contributed by atoms with van der Waals surface area (Å²) in [7, 11) is 0. The number of nitrogens with zero attached hydrogens (tertiary/aromatic N) is 3. The minimum absolute atomic E-state index is 0.0432. The lowest BCUT2D eigenvalue weighted by atomic mass is 10.2. The number of imidazole rings is 1. The maximum atomic E-state index is 12.8. The van der Waals surface area contributed by atoms with Gasteiger partial charge in [0.1, 0.15) is 5.65 Å². The molecule has 160 valence electrons. The maximum Gasteiger partial charge on any atom is 0.274 e. The molecule has 0 amide bonds. The van der Waals surface area contributed by atoms with Crippen LogP contribution in [0.3, 0.4) is 0 Å². The van der Waals surface area contributed by atoms with E-state index in [0.29, 0.717) is 23.5 Å². The molecule has 0 bridgehead atoms. The molecule has 2 N–H and O–H groups in total. The molecule has 0 radical (unpaired) electrons. The van der Waals surface area contributed by atoms with Crippen molar-refractivity contribution >= 4 is 33.8 Å². The number of benzene rings is 2. The van der Waals surface area contributed by atoms with Gasteiger partial charge in [0.15, 0.2) is 0 Å². The smallest absolute Gasteiger partial charge is 0.274 e. The van der Waals surface area contributed by atoms with E-state index in [1.165, 1.54) is 18.4 Å². The van der Waals surface area contributed by atoms with Gasteiger partial charge in [-0.25, -0.2) is 9.67 Å². The summed E-state index contributed by atoms with van der Waals surface area (Å²) < 4.78 is 3.72. The maximum absolute atomic E-state index is 12.8. The molecule has 0 atom stereocenters. The fourth-order valence-corrected chi connectivity index (χ4v) is 4.41. The summed E-state index contributed by atoms with van der Waals surface area (Å²) in [5.41, 5.74) is 6.00. The van der Waals surface area contributed by atoms with E-state index in [-0.39, 0.29) is 5.56 Å². The van der Waals surface area contributed by atoms with Gasteiger partial charge in [0.25, 0.3) is 5.56 Å². The summed E-state index contributed by atoms with van der Waals surface area (Å²) in [6.07, 6.45) is 6.86. The lowest BCUT2D eigenvalue weighted by Crippen LogP contribution is -2.17. The molecule has 6 nitrogen and oxygen atoms in total. The summed E-state index contributed by atoms with van der Waals surface area (Å²) in [4.78, 5) is 17.5. The van der Waals surface area contributed by atoms with Gasteiger partial charge in [-0.3, -0.25) is 9.89 Å². The number of anilines is 1. The van der Waals surface area contributed by atoms with Crippen molar-refractivity contribution in [3.05, 3.63) is 99.2 Å². The van der Waals surface area contributed by atoms with Crippen LogP contribution in [0.1, 0.15) is 35.6 Å². The van der Waals surface area contributed by atoms with E-state index in [0.717, 1.165) is 34.0 Å². The molecule has 2 aromatic carbocycles. The van der Waals surface area contributed by atoms with Crippen LogP contribution in [0.15, 0.2) is 71.8 Å². The fraction of sp³-hybridized carbons (Fsp3) is 0.200. The van der Waals surface area contributed by atoms with Crippen LogP contribution in [0.2, 0.25) is 5.02 Å². The Morgan fingerprint density at radius 1 is 1.09 bits per heavy atom. The molecule has 6 rings (SSSR count). The molecule has 7 heteroatoms. The van der Waals surface area contributed by atoms with Gasteiger partial charge >= 0.3 is 0 Å². The molecule has 1 aliphatic carbocycles. The summed E-state index contributed by atoms with van der Waals surface area (Å²) >= 11 is 6.07. The van der Waals surface area contributed by atoms with E-state index in [4.69, 9.17) is 16.6 Å². The molecule has 32 heavy (non-hydrogen) atoms. The largest absolute Gasteiger partial charge is 0.379 e. The number of hydrogen-bond acceptors (Lipinski definition) is 3. The van der Waals surface area contributed by atoms with Crippen molar-refractivity contribution < 1.29 is 0 Å². The predicted molar refractivity (Wildman–Crippen MR) is 128 cm³/mol. The number of halogens is 1. The lowest BCUT2D eigenvalue weighted by molar-refractivity contribution is 0.672. The van der Waals surface area contributed by atoms with Gasteiger partial charge in [-0.15, -0.1) is 0 Å². The van der Waals surface area contributed by atoms with Gasteiger partial charge in [-0.1, -0.05) is 29.8 Å². The molecule has 1 aliphatic rings. The van der Waals surface area contributed by atoms with E-state index in [9.17, 15) is 4.79 Å². The van der Waals surface area contributed by atoms with Gasteiger partial charge in [-0.05, 0) is 66.3 Å². The minimum Gasteiger partial charge on any atom is -0.379 e. The predicted octanol–water partition coefficient (Wildman–Crippen LogP) is 5.17. The second kappa shape index (κ2) is 7.57. The lowest BCUT2D eigenvalue weighted by Gasteiger charge is -2.04. The number of pyridine rings is 1. The number of fused-ring (bicyclic) bond motifs is 2. The Morgan fingerprint density at radius 2 is 2.00 bits per heavy atom. The Labute approximate surface area is 189 Å². The van der Waals surface area contributed by atoms with Crippen LogP contribution in [0.25, 0.3) is 16.6 Å². The second-order valence-electron chi connectivity index (χ2n) is 8.48. The second-order valence-corrected chi connectivity index (χ2v) is 8.92. The molecular formula is C25H22ClN5O. The van der Waals surface area contributed by atoms with Crippen molar-refractivity contribution in [2.24, 2.45) is 0 Å². The molecule has 0 unspecified atom stereocenters. The molecular weight excluding hydrogens is 422 g/mol. The molecule has 3 aromatic heterocycles. The summed E-state index contributed by atoms with van der Waals surface area (Å²) in [5, 5.41) is 7.97. The van der Waals surface area contributed by atoms with Gasteiger partial charge in [-0.2, -0.15) is 0 Å². The zero-order valence-corrected chi connectivity index (χ0v) is 18.1. The molecule has 1 saturated carbocycles. The van der Waals surface area contributed by atoms with Gasteiger partial charge in [0, 0.05) is 23.1 Å². The zero-order valence-electron chi connectivity index (χ0n) is 17.4. The number of aromatic amines is 1. The van der Waals surface area contributed by atoms with Crippen LogP contribution in [0, 0.1) is 0 Å². The average Bonchev–Trinajstić information content (AvgIpc) is 3.49. The van der Waals surface area contributed by atoms with Gasteiger partial charge in [0.2, 0.25) is 0 Å². The third-order valence-corrected chi connectivity index (χ3v) is 6.26. The highest BCUT2D eigenvalue weighted by atomic mass is 35.5. The molecule has 0 saturated heterocycles. The number of H-pyrrole nitrogens is 1. The van der Waals surface area contributed by atoms with Crippen LogP contribution in [-0.2, 0) is 13.1 Å². The number of aromatic nitrogens is 4. The number of nitrogens with one attached hydrogen (secondary N) is 2. The van der Waals surface area contributed by atoms with E-state index in [1.54, 1.807) is 4.68 Å². The molecule has 5 aromatic rings. The van der Waals surface area contributed by atoms with Crippen molar-refractivity contribution in [3.8, 4) is 0 Å². The van der Waals surface area contributed by atoms with Crippen LogP contribution in [0.5, 0.6) is 0 Å². The van der Waals surface area contributed by atoms with Crippen molar-refractivity contribution in [2.75, 3.05) is 5.32 Å². The molecule has 1 fully saturated rings. The first-order valence-electron chi connectivity index (χ1n) is 10.8. The third kappa shape index (κ3) is 3.67. The van der Waals surface area contributed by atoms with E-state index >= 15 is 0 Å². The summed E-state index contributed by atoms with van der Waals surface area (Å²) in [5.74, 6) is 0.725. The summed E-state index contributed by atoms with van der Waals surface area (Å²) in [6.45, 7) is 1.06. The van der Waals surface area contributed by atoms with E-state index in [2.05, 4.69) is 39.3 Å². The third-order valence-electron chi connectivity index (χ3n) is 6.03. The first kappa shape index (κ1) is 19.2. The Balaban J connectivity index is 1.21. The van der Waals surface area contributed by atoms with Crippen LogP contribution >= 0.6 is 11.6 Å². The average molecular weight is 444 g/mol. The monoisotopic (exact) mass is 443 g/mol. The number of hydrogen-bond donors (Lipinski definition) is 2. The van der Waals surface area contributed by atoms with Crippen molar-refractivity contribution in [2.45, 2.75) is 31.8 Å². The Morgan fingerprint density at radius 3 is 2.84 bits per heavy atom. The minimum atomic E-state index is -0.0432. The van der Waals surface area contributed by atoms with Crippen molar-refractivity contribution in [1.82, 2.24) is 19.2 Å². The highest BCUT2D eigenvalue weighted by Gasteiger charge is 2.23. The standard InChI is InChI=1S/C25H22ClN5O/c26-19-3-1-2-16(10-19)13-31-25(32)22-8-7-20(11-23(22)29-31)27-12-21-15-30-14-18(17-4-5-17)6-9-24(30)28-21/h1-3,6-11,14-15,17,27,29H,4-5,12-13H2. The quantitative estimate of drug-likeness (QED) is 0.380. The van der Waals surface area contributed by atoms with Gasteiger partial charge in [0.05, 0.1) is 29.7 Å². The van der Waals surface area contributed by atoms with Crippen LogP contribution in [0.4, 0.5) is 5.69 Å². The highest BCUT2D eigenvalue weighted by molar-refractivity contribution is 6.30. The number of rotatable bonds is 6. The normalized spacial score (nSPS) is 13.8. The fourth-order valence-electron chi connectivity index (χ4n) is 4.20. The first-order valence-corrected chi connectivity index (χ1v) is 11.2. The van der Waals surface area contributed by atoms with E-state index in [1.807, 2.05) is 42.5 Å². The Kier molecular flexibility index (Phi) is 4.54. The molecule has 0 spiro atoms. The van der Waals surface area contributed by atoms with Gasteiger partial charge < -0.3 is 9.72 Å². The zero-order chi connectivity index (χ0) is 21.7. The molecule has 0 aliphatic heterocycles. The van der Waals surface area contributed by atoms with Crippen molar-refractivity contribution in [1.29, 1.82) is 0 Å². The van der Waals surface area contributed by atoms with Crippen LogP contribution < -0.4 is 10.9 Å². The summed E-state index contributed by atoms with van der Waals surface area (Å²) in [6, 6.07) is 17.6. The first-order chi connectivity index (χ1) is 15.6. The Bertz CT molecular complexity index is 1510. The Hall–Kier alpha value is -3.51. The van der Waals surface area contributed by atoms with Crippen LogP contribution in [-0.4, -0.2) is 19.2 Å². The topological polar surface area (TPSA) is 67.1 Å². The SMILES string of the molecule is O=c1c2ccc(NCc3cn4cc(C5CC5)ccc4n3)cc2[nH]n1Cc1cccc(Cl)c1. The van der Waals surface area contributed by atoms with Crippen molar-refractivity contribution in [3.63, 3.8) is 0 Å². The highest BCUT2D eigenvalue weighted by Crippen LogP contribution is 2.39. The van der Waals surface area contributed by atoms with E-state index < -0.39 is 0 Å².